The molecule has 1 heterocycles. The summed E-state index contributed by atoms with van der Waals surface area (Å²) in [4.78, 5) is 6.01. The van der Waals surface area contributed by atoms with Gasteiger partial charge in [-0.2, -0.15) is 18.4 Å². The lowest BCUT2D eigenvalue weighted by Gasteiger charge is -2.34. The average molecular weight is 371 g/mol. The molecule has 1 atom stereocenters. The number of nitriles is 1. The minimum Gasteiger partial charge on any atom is -0.365 e. The van der Waals surface area contributed by atoms with Crippen molar-refractivity contribution in [3.63, 3.8) is 0 Å². The number of hydrogen-bond donors (Lipinski definition) is 0. The van der Waals surface area contributed by atoms with Gasteiger partial charge in [0.05, 0.1) is 17.2 Å². The summed E-state index contributed by atoms with van der Waals surface area (Å²) in [5, 5.41) is 9.00. The quantitative estimate of drug-likeness (QED) is 0.719. The topological polar surface area (TPSA) is 39.9 Å². The van der Waals surface area contributed by atoms with Crippen LogP contribution >= 0.6 is 0 Å². The van der Waals surface area contributed by atoms with Crippen LogP contribution in [0.25, 0.3) is 5.57 Å². The standard InChI is InChI=1S/C21H20F3N3/c1-2-27(19-7-6-17(14-25)20(13-19)21(22,23)24)18-5-3-4-16(12-18)15-8-10-26-11-9-15/h6-13,18H,2-5H2,1H3. The van der Waals surface area contributed by atoms with Gasteiger partial charge in [-0.1, -0.05) is 6.08 Å². The number of allylic oxidation sites excluding steroid dienone is 1. The third kappa shape index (κ3) is 4.13. The lowest BCUT2D eigenvalue weighted by Crippen LogP contribution is -2.35. The predicted octanol–water partition coefficient (Wildman–Crippen LogP) is 5.43. The summed E-state index contributed by atoms with van der Waals surface area (Å²) in [6.07, 6.45) is 3.88. The van der Waals surface area contributed by atoms with Crippen LogP contribution in [0.15, 0.2) is 48.8 Å². The molecule has 0 saturated heterocycles. The number of likely N-dealkylation sites (N-methyl/N-ethyl adjacent to an activating group) is 1. The first-order valence-corrected chi connectivity index (χ1v) is 8.93. The molecular weight excluding hydrogens is 351 g/mol. The fourth-order valence-corrected chi connectivity index (χ4v) is 3.60. The SMILES string of the molecule is CCN(c1ccc(C#N)c(C(F)(F)F)c1)C1C=C(c2ccncc2)CCC1. The van der Waals surface area contributed by atoms with Gasteiger partial charge in [0.2, 0.25) is 0 Å². The van der Waals surface area contributed by atoms with Gasteiger partial charge < -0.3 is 4.90 Å². The van der Waals surface area contributed by atoms with Crippen molar-refractivity contribution in [1.82, 2.24) is 4.98 Å². The van der Waals surface area contributed by atoms with Crippen LogP contribution in [0, 0.1) is 11.3 Å². The van der Waals surface area contributed by atoms with E-state index in [0.29, 0.717) is 12.2 Å². The van der Waals surface area contributed by atoms with Gasteiger partial charge in [-0.05, 0) is 67.7 Å². The van der Waals surface area contributed by atoms with Crippen molar-refractivity contribution in [2.45, 2.75) is 38.4 Å². The molecule has 0 aliphatic heterocycles. The molecule has 140 valence electrons. The molecule has 0 spiro atoms. The predicted molar refractivity (Wildman–Crippen MR) is 99.0 cm³/mol. The van der Waals surface area contributed by atoms with Crippen molar-refractivity contribution in [1.29, 1.82) is 5.26 Å². The molecule has 6 heteroatoms. The number of anilines is 1. The average Bonchev–Trinajstić information content (AvgIpc) is 2.69. The summed E-state index contributed by atoms with van der Waals surface area (Å²) in [5.41, 5.74) is 1.55. The Kier molecular flexibility index (Phi) is 5.50. The molecule has 1 aromatic heterocycles. The number of pyridine rings is 1. The van der Waals surface area contributed by atoms with E-state index in [4.69, 9.17) is 5.26 Å². The Labute approximate surface area is 156 Å². The number of nitrogens with zero attached hydrogens (tertiary/aromatic N) is 3. The van der Waals surface area contributed by atoms with Crippen molar-refractivity contribution < 1.29 is 13.2 Å². The van der Waals surface area contributed by atoms with Gasteiger partial charge in [-0.3, -0.25) is 4.98 Å². The molecule has 0 bridgehead atoms. The largest absolute Gasteiger partial charge is 0.417 e. The normalized spacial score (nSPS) is 17.1. The molecule has 0 radical (unpaired) electrons. The van der Waals surface area contributed by atoms with Gasteiger partial charge in [0.25, 0.3) is 0 Å². The van der Waals surface area contributed by atoms with E-state index in [1.807, 2.05) is 24.0 Å². The van der Waals surface area contributed by atoms with Crippen molar-refractivity contribution in [2.75, 3.05) is 11.4 Å². The first kappa shape index (κ1) is 19.0. The molecule has 3 rings (SSSR count). The van der Waals surface area contributed by atoms with E-state index < -0.39 is 11.7 Å². The van der Waals surface area contributed by atoms with E-state index in [9.17, 15) is 13.2 Å². The zero-order valence-corrected chi connectivity index (χ0v) is 15.0. The molecule has 1 aromatic carbocycles. The fraction of sp³-hybridized carbons (Fsp3) is 0.333. The van der Waals surface area contributed by atoms with E-state index in [2.05, 4.69) is 11.1 Å². The highest BCUT2D eigenvalue weighted by Crippen LogP contribution is 2.36. The lowest BCUT2D eigenvalue weighted by molar-refractivity contribution is -0.137. The second-order valence-electron chi connectivity index (χ2n) is 6.51. The van der Waals surface area contributed by atoms with Crippen LogP contribution in [0.5, 0.6) is 0 Å². The molecule has 0 amide bonds. The van der Waals surface area contributed by atoms with Gasteiger partial charge in [0.1, 0.15) is 0 Å². The second-order valence-corrected chi connectivity index (χ2v) is 6.51. The third-order valence-corrected chi connectivity index (χ3v) is 4.89. The van der Waals surface area contributed by atoms with Gasteiger partial charge in [-0.15, -0.1) is 0 Å². The van der Waals surface area contributed by atoms with Gasteiger partial charge in [0, 0.05) is 30.7 Å². The minimum absolute atomic E-state index is 0.0148. The Hall–Kier alpha value is -2.81. The number of benzene rings is 1. The van der Waals surface area contributed by atoms with Crippen molar-refractivity contribution in [3.05, 3.63) is 65.5 Å². The highest BCUT2D eigenvalue weighted by molar-refractivity contribution is 5.68. The van der Waals surface area contributed by atoms with Crippen LogP contribution in [0.2, 0.25) is 0 Å². The van der Waals surface area contributed by atoms with Crippen molar-refractivity contribution in [3.8, 4) is 6.07 Å². The first-order valence-electron chi connectivity index (χ1n) is 8.93. The van der Waals surface area contributed by atoms with Crippen LogP contribution in [-0.4, -0.2) is 17.6 Å². The molecule has 1 aliphatic carbocycles. The molecule has 1 unspecified atom stereocenters. The summed E-state index contributed by atoms with van der Waals surface area (Å²) in [5.74, 6) is 0. The number of hydrogen-bond acceptors (Lipinski definition) is 3. The highest BCUT2D eigenvalue weighted by atomic mass is 19.4. The van der Waals surface area contributed by atoms with Crippen molar-refractivity contribution >= 4 is 11.3 Å². The summed E-state index contributed by atoms with van der Waals surface area (Å²) in [6.45, 7) is 2.51. The zero-order valence-electron chi connectivity index (χ0n) is 15.0. The van der Waals surface area contributed by atoms with Crippen LogP contribution in [0.3, 0.4) is 0 Å². The Morgan fingerprint density at radius 3 is 2.59 bits per heavy atom. The summed E-state index contributed by atoms with van der Waals surface area (Å²) < 4.78 is 40.0. The molecular formula is C21H20F3N3. The Morgan fingerprint density at radius 2 is 1.96 bits per heavy atom. The van der Waals surface area contributed by atoms with Gasteiger partial charge in [-0.25, -0.2) is 0 Å². The maximum absolute atomic E-state index is 13.3. The summed E-state index contributed by atoms with van der Waals surface area (Å²) >= 11 is 0. The maximum atomic E-state index is 13.3. The van der Waals surface area contributed by atoms with E-state index in [1.165, 1.54) is 11.6 Å². The molecule has 27 heavy (non-hydrogen) atoms. The smallest absolute Gasteiger partial charge is 0.365 e. The fourth-order valence-electron chi connectivity index (χ4n) is 3.60. The molecule has 3 nitrogen and oxygen atoms in total. The lowest BCUT2D eigenvalue weighted by atomic mass is 9.90. The van der Waals surface area contributed by atoms with Crippen LogP contribution < -0.4 is 4.90 Å². The number of rotatable bonds is 4. The van der Waals surface area contributed by atoms with E-state index >= 15 is 0 Å². The number of aromatic nitrogens is 1. The molecule has 2 aromatic rings. The third-order valence-electron chi connectivity index (χ3n) is 4.89. The second kappa shape index (κ2) is 7.83. The van der Waals surface area contributed by atoms with Crippen LogP contribution in [-0.2, 0) is 6.18 Å². The highest BCUT2D eigenvalue weighted by Gasteiger charge is 2.34. The molecule has 0 saturated carbocycles. The minimum atomic E-state index is -4.55. The van der Waals surface area contributed by atoms with Crippen LogP contribution in [0.4, 0.5) is 18.9 Å². The monoisotopic (exact) mass is 371 g/mol. The maximum Gasteiger partial charge on any atom is 0.417 e. The zero-order chi connectivity index (χ0) is 19.4. The Morgan fingerprint density at radius 1 is 1.22 bits per heavy atom. The van der Waals surface area contributed by atoms with Crippen molar-refractivity contribution in [2.24, 2.45) is 0 Å². The molecule has 1 aliphatic rings. The first-order chi connectivity index (χ1) is 12.9. The van der Waals surface area contributed by atoms with Crippen LogP contribution in [0.1, 0.15) is 42.9 Å². The van der Waals surface area contributed by atoms with E-state index in [0.717, 1.165) is 30.9 Å². The van der Waals surface area contributed by atoms with E-state index in [1.54, 1.807) is 24.5 Å². The Bertz CT molecular complexity index is 866. The number of halogens is 3. The van der Waals surface area contributed by atoms with Gasteiger partial charge in [0.15, 0.2) is 0 Å². The molecule has 0 fully saturated rings. The number of alkyl halides is 3. The van der Waals surface area contributed by atoms with E-state index in [-0.39, 0.29) is 11.6 Å². The summed E-state index contributed by atoms with van der Waals surface area (Å²) in [7, 11) is 0. The Balaban J connectivity index is 1.97. The summed E-state index contributed by atoms with van der Waals surface area (Å²) in [6, 6.07) is 9.52. The van der Waals surface area contributed by atoms with Gasteiger partial charge >= 0.3 is 6.18 Å². The molecule has 0 N–H and O–H groups in total.